The molecule has 2 aromatic rings. The van der Waals surface area contributed by atoms with Gasteiger partial charge in [-0.3, -0.25) is 10.2 Å². The summed E-state index contributed by atoms with van der Waals surface area (Å²) in [5.41, 5.74) is 1.74. The van der Waals surface area contributed by atoms with Gasteiger partial charge in [-0.25, -0.2) is 4.79 Å². The Balaban J connectivity index is 0.00000408. The lowest BCUT2D eigenvalue weighted by Gasteiger charge is -2.37. The summed E-state index contributed by atoms with van der Waals surface area (Å²) in [6.07, 6.45) is -1.06. The Bertz CT molecular complexity index is 873. The second kappa shape index (κ2) is 13.9. The van der Waals surface area contributed by atoms with Gasteiger partial charge in [0, 0.05) is 38.4 Å². The van der Waals surface area contributed by atoms with E-state index in [0.29, 0.717) is 24.6 Å². The summed E-state index contributed by atoms with van der Waals surface area (Å²) in [7, 11) is 1.69. The van der Waals surface area contributed by atoms with E-state index in [9.17, 15) is 9.90 Å². The summed E-state index contributed by atoms with van der Waals surface area (Å²) >= 11 is 0. The van der Waals surface area contributed by atoms with Gasteiger partial charge in [0.2, 0.25) is 0 Å². The van der Waals surface area contributed by atoms with Crippen LogP contribution >= 0.6 is 12.4 Å². The molecule has 1 aliphatic heterocycles. The first-order chi connectivity index (χ1) is 15.9. The predicted octanol–water partition coefficient (Wildman–Crippen LogP) is 3.88. The van der Waals surface area contributed by atoms with Gasteiger partial charge in [0.1, 0.15) is 24.2 Å². The number of ether oxygens (including phenoxy) is 3. The highest BCUT2D eigenvalue weighted by atomic mass is 35.5. The van der Waals surface area contributed by atoms with Crippen molar-refractivity contribution < 1.29 is 24.1 Å². The first-order valence-electron chi connectivity index (χ1n) is 11.4. The number of carbonyl (C=O) groups excluding carboxylic acids is 1. The van der Waals surface area contributed by atoms with Crippen LogP contribution < -0.4 is 19.7 Å². The van der Waals surface area contributed by atoms with Gasteiger partial charge in [0.25, 0.3) is 0 Å². The molecule has 8 nitrogen and oxygen atoms in total. The van der Waals surface area contributed by atoms with Gasteiger partial charge in [-0.2, -0.15) is 0 Å². The van der Waals surface area contributed by atoms with Gasteiger partial charge < -0.3 is 24.2 Å². The van der Waals surface area contributed by atoms with Crippen molar-refractivity contribution in [2.75, 3.05) is 63.3 Å². The third-order valence-electron chi connectivity index (χ3n) is 5.36. The minimum atomic E-state index is -0.591. The lowest BCUT2D eigenvalue weighted by Crippen LogP contribution is -2.49. The number of aliphatic hydroxyl groups excluding tert-OH is 1. The van der Waals surface area contributed by atoms with Gasteiger partial charge >= 0.3 is 6.09 Å². The molecule has 1 saturated heterocycles. The molecule has 34 heavy (non-hydrogen) atoms. The number of para-hydroxylation sites is 2. The fourth-order valence-electron chi connectivity index (χ4n) is 3.64. The number of β-amino-alcohol motifs (C(OH)–C–C–N with tert-alkyl or cyclic N) is 1. The van der Waals surface area contributed by atoms with Crippen molar-refractivity contribution in [2.24, 2.45) is 5.92 Å². The average molecular weight is 494 g/mol. The van der Waals surface area contributed by atoms with Gasteiger partial charge in [-0.1, -0.05) is 26.0 Å². The third-order valence-corrected chi connectivity index (χ3v) is 5.36. The summed E-state index contributed by atoms with van der Waals surface area (Å²) in [6.45, 7) is 8.58. The van der Waals surface area contributed by atoms with Crippen molar-refractivity contribution in [3.63, 3.8) is 0 Å². The number of hydrogen-bond donors (Lipinski definition) is 2. The second-order valence-corrected chi connectivity index (χ2v) is 8.57. The Hall–Kier alpha value is -2.68. The number of aliphatic hydroxyl groups is 1. The van der Waals surface area contributed by atoms with Gasteiger partial charge in [0.15, 0.2) is 0 Å². The van der Waals surface area contributed by atoms with Crippen molar-refractivity contribution in [3.8, 4) is 11.5 Å². The Morgan fingerprint density at radius 3 is 2.35 bits per heavy atom. The van der Waals surface area contributed by atoms with Crippen LogP contribution in [-0.2, 0) is 4.74 Å². The molecule has 1 atom stereocenters. The normalized spacial score (nSPS) is 14.8. The Labute approximate surface area is 208 Å². The summed E-state index contributed by atoms with van der Waals surface area (Å²) in [5, 5.41) is 13.1. The van der Waals surface area contributed by atoms with Crippen molar-refractivity contribution in [1.82, 2.24) is 4.90 Å². The SMILES string of the molecule is COc1ccccc1N1CCN(CC(O)COc2ccc(NC(=O)OCC(C)C)cc2)CC1.Cl. The number of anilines is 2. The molecule has 1 amide bonds. The second-order valence-electron chi connectivity index (χ2n) is 8.57. The molecule has 0 bridgehead atoms. The molecule has 1 heterocycles. The van der Waals surface area contributed by atoms with Crippen LogP contribution in [-0.4, -0.2) is 75.3 Å². The maximum atomic E-state index is 11.7. The molecule has 9 heteroatoms. The van der Waals surface area contributed by atoms with E-state index >= 15 is 0 Å². The topological polar surface area (TPSA) is 83.5 Å². The monoisotopic (exact) mass is 493 g/mol. The average Bonchev–Trinajstić information content (AvgIpc) is 2.83. The summed E-state index contributed by atoms with van der Waals surface area (Å²) < 4.78 is 16.3. The zero-order valence-electron chi connectivity index (χ0n) is 20.1. The van der Waals surface area contributed by atoms with Crippen molar-refractivity contribution in [2.45, 2.75) is 20.0 Å². The number of rotatable bonds is 10. The van der Waals surface area contributed by atoms with E-state index in [1.807, 2.05) is 32.0 Å². The lowest BCUT2D eigenvalue weighted by molar-refractivity contribution is 0.0663. The molecular formula is C25H36ClN3O5. The number of carbonyl (C=O) groups is 1. The van der Waals surface area contributed by atoms with Crippen LogP contribution in [0.25, 0.3) is 0 Å². The van der Waals surface area contributed by atoms with Gasteiger partial charge in [0.05, 0.1) is 19.4 Å². The van der Waals surface area contributed by atoms with Crippen molar-refractivity contribution >= 4 is 29.9 Å². The highest BCUT2D eigenvalue weighted by Gasteiger charge is 2.21. The van der Waals surface area contributed by atoms with Crippen LogP contribution in [0.5, 0.6) is 11.5 Å². The smallest absolute Gasteiger partial charge is 0.411 e. The molecule has 3 rings (SSSR count). The van der Waals surface area contributed by atoms with Gasteiger partial charge in [-0.15, -0.1) is 12.4 Å². The number of piperazine rings is 1. The first-order valence-corrected chi connectivity index (χ1v) is 11.4. The molecule has 1 unspecified atom stereocenters. The quantitative estimate of drug-likeness (QED) is 0.519. The molecular weight excluding hydrogens is 458 g/mol. The Kier molecular flexibility index (Phi) is 11.3. The van der Waals surface area contributed by atoms with Crippen LogP contribution in [0.4, 0.5) is 16.2 Å². The number of halogens is 1. The summed E-state index contributed by atoms with van der Waals surface area (Å²) in [5.74, 6) is 1.80. The molecule has 0 aliphatic carbocycles. The summed E-state index contributed by atoms with van der Waals surface area (Å²) in [6, 6.07) is 15.1. The van der Waals surface area contributed by atoms with E-state index in [2.05, 4.69) is 21.2 Å². The van der Waals surface area contributed by atoms with E-state index in [-0.39, 0.29) is 24.9 Å². The zero-order chi connectivity index (χ0) is 23.6. The number of nitrogens with one attached hydrogen (secondary N) is 1. The third kappa shape index (κ3) is 8.59. The van der Waals surface area contributed by atoms with Crippen LogP contribution in [0.2, 0.25) is 0 Å². The number of benzene rings is 2. The van der Waals surface area contributed by atoms with Gasteiger partial charge in [-0.05, 0) is 42.3 Å². The van der Waals surface area contributed by atoms with Crippen LogP contribution in [0.3, 0.4) is 0 Å². The fraction of sp³-hybridized carbons (Fsp3) is 0.480. The molecule has 0 saturated carbocycles. The molecule has 188 valence electrons. The molecule has 2 N–H and O–H groups in total. The molecule has 1 aliphatic rings. The van der Waals surface area contributed by atoms with Crippen LogP contribution in [0.15, 0.2) is 48.5 Å². The maximum Gasteiger partial charge on any atom is 0.411 e. The fourth-order valence-corrected chi connectivity index (χ4v) is 3.64. The number of hydrogen-bond acceptors (Lipinski definition) is 7. The highest BCUT2D eigenvalue weighted by Crippen LogP contribution is 2.28. The van der Waals surface area contributed by atoms with Crippen molar-refractivity contribution in [1.29, 1.82) is 0 Å². The van der Waals surface area contributed by atoms with E-state index in [1.54, 1.807) is 31.4 Å². The molecule has 0 spiro atoms. The maximum absolute atomic E-state index is 11.7. The number of amides is 1. The molecule has 0 aromatic heterocycles. The molecule has 0 radical (unpaired) electrons. The highest BCUT2D eigenvalue weighted by molar-refractivity contribution is 5.85. The van der Waals surface area contributed by atoms with E-state index in [0.717, 1.165) is 37.6 Å². The molecule has 2 aromatic carbocycles. The minimum Gasteiger partial charge on any atom is -0.495 e. The predicted molar refractivity (Wildman–Crippen MR) is 137 cm³/mol. The van der Waals surface area contributed by atoms with Crippen molar-refractivity contribution in [3.05, 3.63) is 48.5 Å². The first kappa shape index (κ1) is 27.6. The van der Waals surface area contributed by atoms with Crippen LogP contribution in [0.1, 0.15) is 13.8 Å². The van der Waals surface area contributed by atoms with E-state index in [4.69, 9.17) is 14.2 Å². The number of nitrogens with zero attached hydrogens (tertiary/aromatic N) is 2. The Morgan fingerprint density at radius 2 is 1.71 bits per heavy atom. The molecule has 1 fully saturated rings. The minimum absolute atomic E-state index is 0. The van der Waals surface area contributed by atoms with E-state index in [1.165, 1.54) is 0 Å². The summed E-state index contributed by atoms with van der Waals surface area (Å²) in [4.78, 5) is 16.3. The standard InChI is InChI=1S/C25H35N3O5.ClH/c1-19(2)17-33-25(30)26-20-8-10-22(11-9-20)32-18-21(29)16-27-12-14-28(15-13-27)23-6-4-5-7-24(23)31-3;/h4-11,19,21,29H,12-18H2,1-3H3,(H,26,30);1H. The lowest BCUT2D eigenvalue weighted by atomic mass is 10.2. The largest absolute Gasteiger partial charge is 0.495 e. The number of methoxy groups -OCH3 is 1. The Morgan fingerprint density at radius 1 is 1.03 bits per heavy atom. The van der Waals surface area contributed by atoms with Crippen LogP contribution in [0, 0.1) is 5.92 Å². The van der Waals surface area contributed by atoms with E-state index < -0.39 is 12.2 Å². The zero-order valence-corrected chi connectivity index (χ0v) is 20.9.